The predicted octanol–water partition coefficient (Wildman–Crippen LogP) is 2.76. The fourth-order valence-electron chi connectivity index (χ4n) is 1.89. The Morgan fingerprint density at radius 3 is 2.42 bits per heavy atom. The minimum Gasteiger partial charge on any atom is -0.393 e. The number of pyridine rings is 1. The van der Waals surface area contributed by atoms with E-state index in [0.717, 1.165) is 19.5 Å². The minimum atomic E-state index is 0.552. The highest BCUT2D eigenvalue weighted by molar-refractivity contribution is 7.80. The first-order valence-corrected chi connectivity index (χ1v) is 6.64. The molecule has 0 fully saturated rings. The van der Waals surface area contributed by atoms with Gasteiger partial charge in [-0.2, -0.15) is 0 Å². The zero-order valence-corrected chi connectivity index (χ0v) is 11.5. The number of aromatic nitrogens is 1. The normalized spacial score (nSPS) is 10.1. The second-order valence-corrected chi connectivity index (χ2v) is 4.85. The van der Waals surface area contributed by atoms with Crippen LogP contribution >= 0.6 is 12.2 Å². The molecule has 3 nitrogen and oxygen atoms in total. The third-order valence-electron chi connectivity index (χ3n) is 2.87. The van der Waals surface area contributed by atoms with Gasteiger partial charge in [-0.25, -0.2) is 0 Å². The largest absolute Gasteiger partial charge is 0.393 e. The van der Waals surface area contributed by atoms with Crippen LogP contribution in [0, 0.1) is 0 Å². The molecule has 19 heavy (non-hydrogen) atoms. The summed E-state index contributed by atoms with van der Waals surface area (Å²) in [6, 6.07) is 14.3. The summed E-state index contributed by atoms with van der Waals surface area (Å²) >= 11 is 4.97. The van der Waals surface area contributed by atoms with E-state index in [4.69, 9.17) is 18.0 Å². The van der Waals surface area contributed by atoms with Crippen molar-refractivity contribution in [2.24, 2.45) is 5.73 Å². The quantitative estimate of drug-likeness (QED) is 0.820. The Morgan fingerprint density at radius 1 is 1.11 bits per heavy atom. The van der Waals surface area contributed by atoms with Gasteiger partial charge in [-0.15, -0.1) is 0 Å². The SMILES string of the molecule is NC(=S)CCN(Cc1ccncc1)c1ccccc1. The number of rotatable bonds is 6. The molecule has 1 aromatic carbocycles. The maximum Gasteiger partial charge on any atom is 0.0745 e. The van der Waals surface area contributed by atoms with Crippen LogP contribution in [0.15, 0.2) is 54.9 Å². The lowest BCUT2D eigenvalue weighted by molar-refractivity contribution is 0.805. The molecule has 0 aliphatic carbocycles. The molecule has 98 valence electrons. The van der Waals surface area contributed by atoms with Crippen LogP contribution in [0.4, 0.5) is 5.69 Å². The first-order valence-electron chi connectivity index (χ1n) is 6.23. The molecule has 0 radical (unpaired) electrons. The summed E-state index contributed by atoms with van der Waals surface area (Å²) in [5.41, 5.74) is 8.01. The molecule has 1 heterocycles. The number of para-hydroxylation sites is 1. The van der Waals surface area contributed by atoms with Gasteiger partial charge in [0.25, 0.3) is 0 Å². The lowest BCUT2D eigenvalue weighted by Gasteiger charge is -2.24. The van der Waals surface area contributed by atoms with E-state index in [9.17, 15) is 0 Å². The maximum atomic E-state index is 5.61. The predicted molar refractivity (Wildman–Crippen MR) is 83.1 cm³/mol. The van der Waals surface area contributed by atoms with Crippen molar-refractivity contribution in [3.8, 4) is 0 Å². The van der Waals surface area contributed by atoms with Crippen LogP contribution in [0.3, 0.4) is 0 Å². The Morgan fingerprint density at radius 2 is 1.79 bits per heavy atom. The van der Waals surface area contributed by atoms with Gasteiger partial charge in [0.1, 0.15) is 0 Å². The van der Waals surface area contributed by atoms with Gasteiger partial charge in [0, 0.05) is 37.6 Å². The van der Waals surface area contributed by atoms with Crippen molar-refractivity contribution >= 4 is 22.9 Å². The lowest BCUT2D eigenvalue weighted by Crippen LogP contribution is -2.27. The van der Waals surface area contributed by atoms with Crippen molar-refractivity contribution in [1.82, 2.24) is 4.98 Å². The Bertz CT molecular complexity index is 513. The number of anilines is 1. The van der Waals surface area contributed by atoms with E-state index in [0.29, 0.717) is 4.99 Å². The number of benzene rings is 1. The summed E-state index contributed by atoms with van der Waals surface area (Å²) < 4.78 is 0. The van der Waals surface area contributed by atoms with Gasteiger partial charge in [0.2, 0.25) is 0 Å². The van der Waals surface area contributed by atoms with Gasteiger partial charge in [-0.3, -0.25) is 4.98 Å². The number of hydrogen-bond acceptors (Lipinski definition) is 3. The molecule has 2 rings (SSSR count). The molecule has 4 heteroatoms. The zero-order chi connectivity index (χ0) is 13.5. The van der Waals surface area contributed by atoms with Crippen molar-refractivity contribution in [3.63, 3.8) is 0 Å². The topological polar surface area (TPSA) is 42.1 Å². The van der Waals surface area contributed by atoms with Crippen molar-refractivity contribution in [2.45, 2.75) is 13.0 Å². The molecular formula is C15H17N3S. The average molecular weight is 271 g/mol. The molecule has 0 aliphatic heterocycles. The second-order valence-electron chi connectivity index (χ2n) is 4.33. The fraction of sp³-hybridized carbons (Fsp3) is 0.200. The maximum absolute atomic E-state index is 5.61. The second kappa shape index (κ2) is 6.85. The highest BCUT2D eigenvalue weighted by atomic mass is 32.1. The molecule has 0 bridgehead atoms. The molecular weight excluding hydrogens is 254 g/mol. The van der Waals surface area contributed by atoms with E-state index in [1.54, 1.807) is 0 Å². The van der Waals surface area contributed by atoms with Crippen LogP contribution in [-0.2, 0) is 6.54 Å². The van der Waals surface area contributed by atoms with Gasteiger partial charge in [0.05, 0.1) is 4.99 Å². The smallest absolute Gasteiger partial charge is 0.0745 e. The van der Waals surface area contributed by atoms with Crippen LogP contribution in [0.1, 0.15) is 12.0 Å². The molecule has 0 spiro atoms. The number of thiocarbonyl (C=S) groups is 1. The van der Waals surface area contributed by atoms with Crippen molar-refractivity contribution in [1.29, 1.82) is 0 Å². The van der Waals surface area contributed by atoms with Crippen LogP contribution < -0.4 is 10.6 Å². The van der Waals surface area contributed by atoms with Gasteiger partial charge in [-0.1, -0.05) is 30.4 Å². The van der Waals surface area contributed by atoms with E-state index in [1.165, 1.54) is 11.3 Å². The van der Waals surface area contributed by atoms with Crippen LogP contribution in [0.25, 0.3) is 0 Å². The summed E-state index contributed by atoms with van der Waals surface area (Å²) in [7, 11) is 0. The summed E-state index contributed by atoms with van der Waals surface area (Å²) in [5, 5.41) is 0. The Kier molecular flexibility index (Phi) is 4.86. The fourth-order valence-corrected chi connectivity index (χ4v) is 1.98. The van der Waals surface area contributed by atoms with E-state index in [-0.39, 0.29) is 0 Å². The van der Waals surface area contributed by atoms with Crippen molar-refractivity contribution in [3.05, 3.63) is 60.4 Å². The average Bonchev–Trinajstić information content (AvgIpc) is 2.45. The van der Waals surface area contributed by atoms with Gasteiger partial charge < -0.3 is 10.6 Å². The van der Waals surface area contributed by atoms with Crippen LogP contribution in [0.2, 0.25) is 0 Å². The lowest BCUT2D eigenvalue weighted by atomic mass is 10.2. The highest BCUT2D eigenvalue weighted by Gasteiger charge is 2.07. The number of nitrogens with two attached hydrogens (primary N) is 1. The zero-order valence-electron chi connectivity index (χ0n) is 10.7. The monoisotopic (exact) mass is 271 g/mol. The number of nitrogens with zero attached hydrogens (tertiary/aromatic N) is 2. The van der Waals surface area contributed by atoms with E-state index < -0.39 is 0 Å². The van der Waals surface area contributed by atoms with Crippen LogP contribution in [-0.4, -0.2) is 16.5 Å². The molecule has 0 atom stereocenters. The third kappa shape index (κ3) is 4.34. The Labute approximate surface area is 119 Å². The molecule has 0 saturated carbocycles. The Balaban J connectivity index is 2.12. The van der Waals surface area contributed by atoms with Gasteiger partial charge in [-0.05, 0) is 29.8 Å². The molecule has 0 amide bonds. The van der Waals surface area contributed by atoms with Crippen molar-refractivity contribution < 1.29 is 0 Å². The van der Waals surface area contributed by atoms with E-state index in [1.807, 2.05) is 42.7 Å². The first-order chi connectivity index (χ1) is 9.25. The summed E-state index contributed by atoms with van der Waals surface area (Å²) in [6.07, 6.45) is 4.34. The standard InChI is InChI=1S/C15H17N3S/c16-15(19)8-11-18(14-4-2-1-3-5-14)12-13-6-9-17-10-7-13/h1-7,9-10H,8,11-12H2,(H2,16,19). The van der Waals surface area contributed by atoms with Gasteiger partial charge >= 0.3 is 0 Å². The molecule has 0 unspecified atom stereocenters. The summed E-state index contributed by atoms with van der Waals surface area (Å²) in [5.74, 6) is 0. The Hall–Kier alpha value is -1.94. The summed E-state index contributed by atoms with van der Waals surface area (Å²) in [4.78, 5) is 6.86. The van der Waals surface area contributed by atoms with E-state index in [2.05, 4.69) is 22.0 Å². The van der Waals surface area contributed by atoms with Crippen molar-refractivity contribution in [2.75, 3.05) is 11.4 Å². The molecule has 1 aromatic heterocycles. The summed E-state index contributed by atoms with van der Waals surface area (Å²) in [6.45, 7) is 1.65. The van der Waals surface area contributed by atoms with Crippen LogP contribution in [0.5, 0.6) is 0 Å². The molecule has 0 saturated heterocycles. The van der Waals surface area contributed by atoms with Gasteiger partial charge in [0.15, 0.2) is 0 Å². The number of hydrogen-bond donors (Lipinski definition) is 1. The first kappa shape index (κ1) is 13.5. The highest BCUT2D eigenvalue weighted by Crippen LogP contribution is 2.16. The minimum absolute atomic E-state index is 0.552. The third-order valence-corrected chi connectivity index (χ3v) is 3.08. The molecule has 2 N–H and O–H groups in total. The van der Waals surface area contributed by atoms with E-state index >= 15 is 0 Å². The molecule has 2 aromatic rings. The molecule has 0 aliphatic rings.